The molecule has 2 unspecified atom stereocenters. The van der Waals surface area contributed by atoms with E-state index in [0.717, 1.165) is 5.56 Å². The second kappa shape index (κ2) is 6.51. The van der Waals surface area contributed by atoms with E-state index in [2.05, 4.69) is 0 Å². The molecule has 1 rings (SSSR count). The van der Waals surface area contributed by atoms with E-state index < -0.39 is 16.7 Å². The van der Waals surface area contributed by atoms with Gasteiger partial charge in [-0.15, -0.1) is 0 Å². The van der Waals surface area contributed by atoms with Gasteiger partial charge in [0.05, 0.1) is 0 Å². The summed E-state index contributed by atoms with van der Waals surface area (Å²) in [6.07, 6.45) is 0.714. The van der Waals surface area contributed by atoms with Crippen molar-refractivity contribution in [2.24, 2.45) is 11.5 Å². The number of rotatable bonds is 6. The molecule has 0 fully saturated rings. The van der Waals surface area contributed by atoms with Crippen molar-refractivity contribution in [1.29, 1.82) is 0 Å². The fourth-order valence-corrected chi connectivity index (χ4v) is 2.83. The normalized spacial score (nSPS) is 14.2. The maximum atomic E-state index is 11.8. The molecule has 1 amide bonds. The molecule has 17 heavy (non-hydrogen) atoms. The number of carbonyl (C=O) groups is 1. The highest BCUT2D eigenvalue weighted by molar-refractivity contribution is 7.84. The van der Waals surface area contributed by atoms with Gasteiger partial charge in [0.25, 0.3) is 0 Å². The molecular weight excluding hydrogens is 236 g/mol. The molecule has 0 aliphatic rings. The smallest absolute Gasteiger partial charge is 0.249 e. The molecule has 0 aliphatic heterocycles. The number of hydrogen-bond donors (Lipinski definition) is 2. The number of carbonyl (C=O) groups excluding carboxylic acids is 1. The van der Waals surface area contributed by atoms with E-state index in [0.29, 0.717) is 23.5 Å². The number of primary amides is 1. The van der Waals surface area contributed by atoms with Crippen molar-refractivity contribution in [3.8, 4) is 0 Å². The molecule has 1 aromatic rings. The average Bonchev–Trinajstić information content (AvgIpc) is 2.27. The molecule has 0 saturated heterocycles. The predicted octanol–water partition coefficient (Wildman–Crippen LogP) is 0.771. The highest BCUT2D eigenvalue weighted by Crippen LogP contribution is 2.11. The monoisotopic (exact) mass is 254 g/mol. The van der Waals surface area contributed by atoms with Crippen LogP contribution in [0.4, 0.5) is 0 Å². The molecular formula is C12H18N2O2S. The van der Waals surface area contributed by atoms with Crippen molar-refractivity contribution >= 4 is 16.7 Å². The van der Waals surface area contributed by atoms with Crippen molar-refractivity contribution in [3.05, 3.63) is 35.4 Å². The first-order chi connectivity index (χ1) is 8.00. The van der Waals surface area contributed by atoms with Gasteiger partial charge in [-0.2, -0.15) is 0 Å². The summed E-state index contributed by atoms with van der Waals surface area (Å²) in [6.45, 7) is 1.88. The molecule has 0 bridgehead atoms. The Labute approximate surface area is 104 Å². The Balaban J connectivity index is 2.68. The van der Waals surface area contributed by atoms with Gasteiger partial charge in [-0.3, -0.25) is 9.00 Å². The third-order valence-electron chi connectivity index (χ3n) is 2.40. The van der Waals surface area contributed by atoms with Gasteiger partial charge < -0.3 is 11.5 Å². The molecule has 94 valence electrons. The number of nitrogens with two attached hydrogens (primary N) is 2. The van der Waals surface area contributed by atoms with Gasteiger partial charge in [-0.1, -0.05) is 18.2 Å². The Bertz CT molecular complexity index is 419. The summed E-state index contributed by atoms with van der Waals surface area (Å²) in [5.41, 5.74) is 12.0. The lowest BCUT2D eigenvalue weighted by Crippen LogP contribution is -2.19. The first kappa shape index (κ1) is 13.9. The Morgan fingerprint density at radius 3 is 2.65 bits per heavy atom. The third kappa shape index (κ3) is 4.66. The molecule has 5 heteroatoms. The van der Waals surface area contributed by atoms with E-state index in [1.165, 1.54) is 0 Å². The average molecular weight is 254 g/mol. The minimum absolute atomic E-state index is 0.0466. The minimum atomic E-state index is -1.01. The van der Waals surface area contributed by atoms with Crippen molar-refractivity contribution in [1.82, 2.24) is 0 Å². The number of hydrogen-bond acceptors (Lipinski definition) is 3. The van der Waals surface area contributed by atoms with E-state index in [-0.39, 0.29) is 6.04 Å². The lowest BCUT2D eigenvalue weighted by atomic mass is 10.1. The first-order valence-corrected chi connectivity index (χ1v) is 6.97. The van der Waals surface area contributed by atoms with Gasteiger partial charge in [0.2, 0.25) is 5.91 Å². The van der Waals surface area contributed by atoms with Gasteiger partial charge in [-0.25, -0.2) is 0 Å². The fourth-order valence-electron chi connectivity index (χ4n) is 1.45. The zero-order valence-electron chi connectivity index (χ0n) is 9.89. The molecule has 0 aliphatic carbocycles. The summed E-state index contributed by atoms with van der Waals surface area (Å²) in [6, 6.07) is 7.04. The van der Waals surface area contributed by atoms with Gasteiger partial charge in [0, 0.05) is 33.9 Å². The van der Waals surface area contributed by atoms with Crippen LogP contribution in [0.15, 0.2) is 24.3 Å². The maximum Gasteiger partial charge on any atom is 0.249 e. The number of amides is 1. The van der Waals surface area contributed by atoms with Crippen LogP contribution >= 0.6 is 0 Å². The highest BCUT2D eigenvalue weighted by atomic mass is 32.2. The van der Waals surface area contributed by atoms with Crippen molar-refractivity contribution in [3.63, 3.8) is 0 Å². The van der Waals surface area contributed by atoms with E-state index in [1.54, 1.807) is 18.2 Å². The van der Waals surface area contributed by atoms with Crippen LogP contribution in [0, 0.1) is 0 Å². The molecule has 4 nitrogen and oxygen atoms in total. The van der Waals surface area contributed by atoms with E-state index >= 15 is 0 Å². The molecule has 0 saturated carbocycles. The van der Waals surface area contributed by atoms with Gasteiger partial charge >= 0.3 is 0 Å². The quantitative estimate of drug-likeness (QED) is 0.786. The van der Waals surface area contributed by atoms with Gasteiger partial charge in [-0.05, 0) is 25.0 Å². The standard InChI is InChI=1S/C12H18N2O2S/c1-9(13)6-7-17(16)8-10-4-2-3-5-11(10)12(14)15/h2-5,9H,6-8,13H2,1H3,(H2,14,15). The second-order valence-electron chi connectivity index (χ2n) is 4.08. The predicted molar refractivity (Wildman–Crippen MR) is 69.9 cm³/mol. The first-order valence-electron chi connectivity index (χ1n) is 5.49. The van der Waals surface area contributed by atoms with Crippen LogP contribution in [0.1, 0.15) is 29.3 Å². The van der Waals surface area contributed by atoms with E-state index in [9.17, 15) is 9.00 Å². The lowest BCUT2D eigenvalue weighted by molar-refractivity contribution is 0.0999. The summed E-state index contributed by atoms with van der Waals surface area (Å²) >= 11 is 0. The Hall–Kier alpha value is -1.20. The fraction of sp³-hybridized carbons (Fsp3) is 0.417. The van der Waals surface area contributed by atoms with Crippen molar-refractivity contribution < 1.29 is 9.00 Å². The van der Waals surface area contributed by atoms with Gasteiger partial charge in [0.1, 0.15) is 0 Å². The zero-order valence-corrected chi connectivity index (χ0v) is 10.7. The van der Waals surface area contributed by atoms with Crippen LogP contribution in [-0.4, -0.2) is 21.9 Å². The minimum Gasteiger partial charge on any atom is -0.366 e. The van der Waals surface area contributed by atoms with Crippen LogP contribution in [-0.2, 0) is 16.6 Å². The molecule has 0 aromatic heterocycles. The maximum absolute atomic E-state index is 11.8. The van der Waals surface area contributed by atoms with Gasteiger partial charge in [0.15, 0.2) is 0 Å². The Kier molecular flexibility index (Phi) is 5.31. The Morgan fingerprint density at radius 2 is 2.06 bits per heavy atom. The topological polar surface area (TPSA) is 86.2 Å². The van der Waals surface area contributed by atoms with Crippen molar-refractivity contribution in [2.45, 2.75) is 25.1 Å². The Morgan fingerprint density at radius 1 is 1.41 bits per heavy atom. The molecule has 2 atom stereocenters. The second-order valence-corrected chi connectivity index (χ2v) is 5.65. The largest absolute Gasteiger partial charge is 0.366 e. The zero-order chi connectivity index (χ0) is 12.8. The summed E-state index contributed by atoms with van der Waals surface area (Å²) in [4.78, 5) is 11.2. The van der Waals surface area contributed by atoms with Crippen LogP contribution in [0.25, 0.3) is 0 Å². The van der Waals surface area contributed by atoms with E-state index in [4.69, 9.17) is 11.5 Å². The van der Waals surface area contributed by atoms with E-state index in [1.807, 2.05) is 13.0 Å². The number of benzene rings is 1. The van der Waals surface area contributed by atoms with Crippen molar-refractivity contribution in [2.75, 3.05) is 5.75 Å². The summed E-state index contributed by atoms with van der Waals surface area (Å²) in [7, 11) is -1.01. The molecule has 0 heterocycles. The van der Waals surface area contributed by atoms with Crippen LogP contribution in [0.2, 0.25) is 0 Å². The lowest BCUT2D eigenvalue weighted by Gasteiger charge is -2.07. The molecule has 0 radical (unpaired) electrons. The molecule has 1 aromatic carbocycles. The van der Waals surface area contributed by atoms with Crippen LogP contribution in [0.5, 0.6) is 0 Å². The SMILES string of the molecule is CC(N)CCS(=O)Cc1ccccc1C(N)=O. The molecule has 4 N–H and O–H groups in total. The van der Waals surface area contributed by atoms with Crippen LogP contribution < -0.4 is 11.5 Å². The third-order valence-corrected chi connectivity index (χ3v) is 3.72. The van der Waals surface area contributed by atoms with Crippen LogP contribution in [0.3, 0.4) is 0 Å². The highest BCUT2D eigenvalue weighted by Gasteiger charge is 2.10. The summed E-state index contributed by atoms with van der Waals surface area (Å²) < 4.78 is 11.8. The summed E-state index contributed by atoms with van der Waals surface area (Å²) in [5.74, 6) is 0.418. The molecule has 0 spiro atoms. The summed E-state index contributed by atoms with van der Waals surface area (Å²) in [5, 5.41) is 0.